The second-order valence-corrected chi connectivity index (χ2v) is 5.21. The molecule has 96 valence electrons. The van der Waals surface area contributed by atoms with Gasteiger partial charge in [0.2, 0.25) is 0 Å². The highest BCUT2D eigenvalue weighted by atomic mass is 16.1. The molecule has 0 spiro atoms. The summed E-state index contributed by atoms with van der Waals surface area (Å²) in [5.74, 6) is 0.109. The highest BCUT2D eigenvalue weighted by Gasteiger charge is 2.25. The van der Waals surface area contributed by atoms with Crippen molar-refractivity contribution in [3.63, 3.8) is 0 Å². The van der Waals surface area contributed by atoms with E-state index in [1.54, 1.807) is 0 Å². The molecule has 1 aliphatic rings. The molecule has 0 fully saturated rings. The summed E-state index contributed by atoms with van der Waals surface area (Å²) in [5.41, 5.74) is 10.6. The molecule has 0 saturated carbocycles. The molecule has 3 aromatic rings. The number of nitrogens with two attached hydrogens (primary N) is 1. The molecule has 0 unspecified atom stereocenters. The average Bonchev–Trinajstić information content (AvgIpc) is 2.47. The normalized spacial score (nSPS) is 13.1. The Morgan fingerprint density at radius 2 is 1.55 bits per heavy atom. The van der Waals surface area contributed by atoms with E-state index >= 15 is 0 Å². The van der Waals surface area contributed by atoms with Crippen molar-refractivity contribution >= 4 is 22.2 Å². The van der Waals surface area contributed by atoms with Gasteiger partial charge >= 0.3 is 0 Å². The molecule has 0 heterocycles. The first-order valence-corrected chi connectivity index (χ1v) is 6.68. The van der Waals surface area contributed by atoms with Gasteiger partial charge in [-0.2, -0.15) is 0 Å². The summed E-state index contributed by atoms with van der Waals surface area (Å²) in [7, 11) is 0. The first kappa shape index (κ1) is 11.2. The van der Waals surface area contributed by atoms with Crippen LogP contribution in [0.15, 0.2) is 54.6 Å². The predicted octanol–water partition coefficient (Wildman–Crippen LogP) is 3.56. The molecule has 0 saturated heterocycles. The highest BCUT2D eigenvalue weighted by Crippen LogP contribution is 2.35. The molecule has 0 aliphatic heterocycles. The third-order valence-corrected chi connectivity index (χ3v) is 4.03. The molecule has 0 amide bonds. The Balaban J connectivity index is 2.09. The number of hydrogen-bond donors (Lipinski definition) is 1. The smallest absolute Gasteiger partial charge is 0.194 e. The number of fused-ring (bicyclic) bond motifs is 4. The monoisotopic (exact) mass is 259 g/mol. The van der Waals surface area contributed by atoms with Crippen LogP contribution in [0.1, 0.15) is 27.0 Å². The maximum Gasteiger partial charge on any atom is 0.194 e. The number of benzene rings is 3. The van der Waals surface area contributed by atoms with Gasteiger partial charge < -0.3 is 5.73 Å². The minimum atomic E-state index is 0.109. The van der Waals surface area contributed by atoms with E-state index < -0.39 is 0 Å². The number of anilines is 1. The van der Waals surface area contributed by atoms with E-state index in [-0.39, 0.29) is 5.78 Å². The van der Waals surface area contributed by atoms with Gasteiger partial charge in [-0.15, -0.1) is 0 Å². The second-order valence-electron chi connectivity index (χ2n) is 5.21. The van der Waals surface area contributed by atoms with Gasteiger partial charge in [-0.3, -0.25) is 4.79 Å². The van der Waals surface area contributed by atoms with E-state index in [1.165, 1.54) is 0 Å². The molecule has 0 aromatic heterocycles. The lowest BCUT2D eigenvalue weighted by molar-refractivity contribution is 0.103. The number of carbonyl (C=O) groups is 1. The molecule has 0 radical (unpaired) electrons. The first-order chi connectivity index (χ1) is 9.75. The number of ketones is 1. The quantitative estimate of drug-likeness (QED) is 0.491. The maximum absolute atomic E-state index is 12.8. The zero-order valence-electron chi connectivity index (χ0n) is 10.9. The SMILES string of the molecule is Nc1cc2c(c3ccccc13)C(=O)c1ccccc1C2. The third kappa shape index (κ3) is 1.42. The Morgan fingerprint density at radius 3 is 2.40 bits per heavy atom. The lowest BCUT2D eigenvalue weighted by Crippen LogP contribution is -2.16. The van der Waals surface area contributed by atoms with Crippen LogP contribution in [-0.4, -0.2) is 5.78 Å². The summed E-state index contributed by atoms with van der Waals surface area (Å²) in [6, 6.07) is 17.6. The summed E-state index contributed by atoms with van der Waals surface area (Å²) >= 11 is 0. The van der Waals surface area contributed by atoms with Crippen LogP contribution in [0.3, 0.4) is 0 Å². The summed E-state index contributed by atoms with van der Waals surface area (Å²) in [6.45, 7) is 0. The largest absolute Gasteiger partial charge is 0.398 e. The van der Waals surface area contributed by atoms with Crippen molar-refractivity contribution in [1.29, 1.82) is 0 Å². The van der Waals surface area contributed by atoms with Crippen LogP contribution in [0.25, 0.3) is 10.8 Å². The molecule has 20 heavy (non-hydrogen) atoms. The minimum Gasteiger partial charge on any atom is -0.398 e. The Kier molecular flexibility index (Phi) is 2.21. The fourth-order valence-electron chi connectivity index (χ4n) is 3.11. The second kappa shape index (κ2) is 3.94. The van der Waals surface area contributed by atoms with Crippen molar-refractivity contribution in [2.45, 2.75) is 6.42 Å². The van der Waals surface area contributed by atoms with Crippen LogP contribution >= 0.6 is 0 Å². The number of rotatable bonds is 0. The Labute approximate surface area is 116 Å². The summed E-state index contributed by atoms with van der Waals surface area (Å²) in [4.78, 5) is 12.8. The molecule has 0 bridgehead atoms. The van der Waals surface area contributed by atoms with Gasteiger partial charge in [0.1, 0.15) is 0 Å². The molecule has 0 atom stereocenters. The van der Waals surface area contributed by atoms with Gasteiger partial charge in [0.15, 0.2) is 5.78 Å². The topological polar surface area (TPSA) is 43.1 Å². The fourth-order valence-corrected chi connectivity index (χ4v) is 3.11. The van der Waals surface area contributed by atoms with Crippen LogP contribution in [0.4, 0.5) is 5.69 Å². The van der Waals surface area contributed by atoms with Crippen LogP contribution in [0.5, 0.6) is 0 Å². The van der Waals surface area contributed by atoms with Crippen LogP contribution in [0.2, 0.25) is 0 Å². The molecule has 3 aromatic carbocycles. The minimum absolute atomic E-state index is 0.109. The Hall–Kier alpha value is -2.61. The number of carbonyl (C=O) groups excluding carboxylic acids is 1. The average molecular weight is 259 g/mol. The Morgan fingerprint density at radius 1 is 0.850 bits per heavy atom. The van der Waals surface area contributed by atoms with Gasteiger partial charge in [-0.25, -0.2) is 0 Å². The molecule has 1 aliphatic carbocycles. The summed E-state index contributed by atoms with van der Waals surface area (Å²) < 4.78 is 0. The van der Waals surface area contributed by atoms with E-state index in [2.05, 4.69) is 0 Å². The van der Waals surface area contributed by atoms with Crippen LogP contribution in [0, 0.1) is 0 Å². The fraction of sp³-hybridized carbons (Fsp3) is 0.0556. The van der Waals surface area contributed by atoms with Crippen molar-refractivity contribution in [3.8, 4) is 0 Å². The highest BCUT2D eigenvalue weighted by molar-refractivity contribution is 6.20. The number of hydrogen-bond acceptors (Lipinski definition) is 2. The lowest BCUT2D eigenvalue weighted by atomic mass is 9.82. The first-order valence-electron chi connectivity index (χ1n) is 6.68. The zero-order valence-corrected chi connectivity index (χ0v) is 10.9. The van der Waals surface area contributed by atoms with Gasteiger partial charge in [0.25, 0.3) is 0 Å². The zero-order chi connectivity index (χ0) is 13.7. The van der Waals surface area contributed by atoms with Crippen molar-refractivity contribution in [3.05, 3.63) is 76.9 Å². The molecule has 2 heteroatoms. The molecular weight excluding hydrogens is 246 g/mol. The number of nitrogen functional groups attached to an aromatic ring is 1. The summed E-state index contributed by atoms with van der Waals surface area (Å²) in [6.07, 6.45) is 0.770. The van der Waals surface area contributed by atoms with Crippen LogP contribution in [-0.2, 0) is 6.42 Å². The van der Waals surface area contributed by atoms with Gasteiger partial charge in [-0.05, 0) is 29.0 Å². The molecule has 2 nitrogen and oxygen atoms in total. The van der Waals surface area contributed by atoms with Gasteiger partial charge in [0.05, 0.1) is 0 Å². The van der Waals surface area contributed by atoms with Crippen molar-refractivity contribution in [1.82, 2.24) is 0 Å². The van der Waals surface area contributed by atoms with E-state index in [4.69, 9.17) is 5.73 Å². The maximum atomic E-state index is 12.8. The van der Waals surface area contributed by atoms with Gasteiger partial charge in [-0.1, -0.05) is 48.5 Å². The third-order valence-electron chi connectivity index (χ3n) is 4.03. The molecular formula is C18H13NO. The standard InChI is InChI=1S/C18H13NO/c19-16-10-12-9-11-5-1-2-6-13(11)18(20)17(12)15-8-4-3-7-14(15)16/h1-8,10H,9,19H2. The lowest BCUT2D eigenvalue weighted by Gasteiger charge is -2.21. The van der Waals surface area contributed by atoms with Crippen LogP contribution < -0.4 is 5.73 Å². The van der Waals surface area contributed by atoms with E-state index in [0.717, 1.165) is 45.1 Å². The van der Waals surface area contributed by atoms with E-state index in [1.807, 2.05) is 54.6 Å². The summed E-state index contributed by atoms with van der Waals surface area (Å²) in [5, 5.41) is 1.92. The molecule has 2 N–H and O–H groups in total. The van der Waals surface area contributed by atoms with E-state index in [0.29, 0.717) is 0 Å². The van der Waals surface area contributed by atoms with Gasteiger partial charge in [0, 0.05) is 22.2 Å². The molecule has 4 rings (SSSR count). The van der Waals surface area contributed by atoms with Crippen molar-refractivity contribution < 1.29 is 4.79 Å². The van der Waals surface area contributed by atoms with Crippen molar-refractivity contribution in [2.75, 3.05) is 5.73 Å². The Bertz CT molecular complexity index is 864. The van der Waals surface area contributed by atoms with E-state index in [9.17, 15) is 4.79 Å². The van der Waals surface area contributed by atoms with Crippen molar-refractivity contribution in [2.24, 2.45) is 0 Å². The predicted molar refractivity (Wildman–Crippen MR) is 81.0 cm³/mol.